The Balaban J connectivity index is 1.18. The van der Waals surface area contributed by atoms with Crippen LogP contribution >= 0.6 is 0 Å². The summed E-state index contributed by atoms with van der Waals surface area (Å²) in [5, 5.41) is 6.44. The van der Waals surface area contributed by atoms with Gasteiger partial charge in [0, 0.05) is 60.8 Å². The summed E-state index contributed by atoms with van der Waals surface area (Å²) in [6.45, 7) is 1.52. The molecule has 0 saturated carbocycles. The molecular weight excluding hydrogens is 409 g/mol. The molecule has 2 amide bonds. The smallest absolute Gasteiger partial charge is 0.317 e. The van der Waals surface area contributed by atoms with Crippen LogP contribution in [0.1, 0.15) is 35.2 Å². The summed E-state index contributed by atoms with van der Waals surface area (Å²) >= 11 is 0. The molecule has 164 valence electrons. The standard InChI is InChI=1S/C24H24FN5O2/c25-18-4-5-20-19(13-18)21(31)14-24(29-20)6-10-30(11-7-24)23(32)28-15-16-2-1-3-17(12-16)22-26-8-9-27-22/h1-5,8-9,12-13,29H,6-7,10-11,14-15H2,(H,26,27)(H,28,32). The maximum atomic E-state index is 13.5. The third-order valence-electron chi connectivity index (χ3n) is 6.33. The summed E-state index contributed by atoms with van der Waals surface area (Å²) in [6.07, 6.45) is 5.13. The van der Waals surface area contributed by atoms with Crippen molar-refractivity contribution in [3.8, 4) is 11.4 Å². The van der Waals surface area contributed by atoms with Crippen molar-refractivity contribution in [2.75, 3.05) is 18.4 Å². The predicted molar refractivity (Wildman–Crippen MR) is 119 cm³/mol. The number of ketones is 1. The Morgan fingerprint density at radius 2 is 2.03 bits per heavy atom. The van der Waals surface area contributed by atoms with Gasteiger partial charge in [0.25, 0.3) is 0 Å². The zero-order valence-electron chi connectivity index (χ0n) is 17.5. The van der Waals surface area contributed by atoms with Gasteiger partial charge in [-0.15, -0.1) is 0 Å². The van der Waals surface area contributed by atoms with E-state index in [0.29, 0.717) is 50.1 Å². The molecule has 3 aromatic rings. The summed E-state index contributed by atoms with van der Waals surface area (Å²) in [4.78, 5) is 34.4. The molecule has 0 bridgehead atoms. The van der Waals surface area contributed by atoms with Gasteiger partial charge in [0.2, 0.25) is 0 Å². The minimum atomic E-state index is -0.406. The number of benzene rings is 2. The van der Waals surface area contributed by atoms with Gasteiger partial charge in [-0.05, 0) is 42.7 Å². The number of Topliss-reactive ketones (excluding diaryl/α,β-unsaturated/α-hetero) is 1. The van der Waals surface area contributed by atoms with Crippen LogP contribution in [-0.4, -0.2) is 45.3 Å². The van der Waals surface area contributed by atoms with E-state index in [1.165, 1.54) is 12.1 Å². The van der Waals surface area contributed by atoms with Gasteiger partial charge in [0.15, 0.2) is 5.78 Å². The van der Waals surface area contributed by atoms with Gasteiger partial charge in [-0.1, -0.05) is 18.2 Å². The molecule has 32 heavy (non-hydrogen) atoms. The first kappa shape index (κ1) is 20.2. The molecule has 0 radical (unpaired) electrons. The van der Waals surface area contributed by atoms with Crippen LogP contribution in [0, 0.1) is 5.82 Å². The van der Waals surface area contributed by atoms with Gasteiger partial charge in [0.1, 0.15) is 11.6 Å². The van der Waals surface area contributed by atoms with Crippen molar-refractivity contribution >= 4 is 17.5 Å². The number of anilines is 1. The number of hydrogen-bond acceptors (Lipinski definition) is 4. The highest BCUT2D eigenvalue weighted by Crippen LogP contribution is 2.37. The van der Waals surface area contributed by atoms with Crippen molar-refractivity contribution in [2.45, 2.75) is 31.3 Å². The molecule has 5 rings (SSSR count). The van der Waals surface area contributed by atoms with Crippen molar-refractivity contribution in [2.24, 2.45) is 0 Å². The number of H-pyrrole nitrogens is 1. The number of likely N-dealkylation sites (tertiary alicyclic amines) is 1. The summed E-state index contributed by atoms with van der Waals surface area (Å²) < 4.78 is 13.5. The number of nitrogens with zero attached hydrogens (tertiary/aromatic N) is 2. The van der Waals surface area contributed by atoms with Gasteiger partial charge in [-0.3, -0.25) is 4.79 Å². The molecule has 7 nitrogen and oxygen atoms in total. The second-order valence-corrected chi connectivity index (χ2v) is 8.48. The van der Waals surface area contributed by atoms with E-state index < -0.39 is 5.82 Å². The zero-order valence-corrected chi connectivity index (χ0v) is 17.5. The Labute approximate surface area is 185 Å². The first-order valence-electron chi connectivity index (χ1n) is 10.7. The quantitative estimate of drug-likeness (QED) is 0.583. The van der Waals surface area contributed by atoms with Gasteiger partial charge in [-0.2, -0.15) is 0 Å². The monoisotopic (exact) mass is 433 g/mol. The van der Waals surface area contributed by atoms with Gasteiger partial charge in [-0.25, -0.2) is 14.2 Å². The summed E-state index contributed by atoms with van der Waals surface area (Å²) in [5.74, 6) is 0.335. The van der Waals surface area contributed by atoms with Crippen LogP contribution in [0.15, 0.2) is 54.9 Å². The molecule has 1 fully saturated rings. The lowest BCUT2D eigenvalue weighted by Crippen LogP contribution is -2.55. The molecule has 0 atom stereocenters. The third kappa shape index (κ3) is 3.95. The Morgan fingerprint density at radius 1 is 1.19 bits per heavy atom. The molecule has 2 aliphatic rings. The molecule has 2 aliphatic heterocycles. The molecule has 8 heteroatoms. The van der Waals surface area contributed by atoms with E-state index in [2.05, 4.69) is 20.6 Å². The Kier molecular flexibility index (Phi) is 5.13. The number of halogens is 1. The second kappa shape index (κ2) is 8.11. The van der Waals surface area contributed by atoms with Gasteiger partial charge in [0.05, 0.1) is 0 Å². The van der Waals surface area contributed by atoms with Crippen LogP contribution in [0.3, 0.4) is 0 Å². The molecular formula is C24H24FN5O2. The van der Waals surface area contributed by atoms with E-state index in [4.69, 9.17) is 0 Å². The second-order valence-electron chi connectivity index (χ2n) is 8.48. The van der Waals surface area contributed by atoms with E-state index in [-0.39, 0.29) is 17.4 Å². The number of fused-ring (bicyclic) bond motifs is 1. The van der Waals surface area contributed by atoms with E-state index in [1.54, 1.807) is 23.4 Å². The molecule has 1 aromatic heterocycles. The minimum Gasteiger partial charge on any atom is -0.378 e. The van der Waals surface area contributed by atoms with Crippen molar-refractivity contribution < 1.29 is 14.0 Å². The summed E-state index contributed by atoms with van der Waals surface area (Å²) in [7, 11) is 0. The third-order valence-corrected chi connectivity index (χ3v) is 6.33. The predicted octanol–water partition coefficient (Wildman–Crippen LogP) is 3.96. The number of aromatic nitrogens is 2. The number of aromatic amines is 1. The van der Waals surface area contributed by atoms with Gasteiger partial charge >= 0.3 is 6.03 Å². The maximum Gasteiger partial charge on any atom is 0.317 e. The summed E-state index contributed by atoms with van der Waals surface area (Å²) in [6, 6.07) is 12.0. The fourth-order valence-corrected chi connectivity index (χ4v) is 4.57. The molecule has 1 saturated heterocycles. The zero-order chi connectivity index (χ0) is 22.1. The van der Waals surface area contributed by atoms with Crippen molar-refractivity contribution in [3.05, 3.63) is 71.8 Å². The number of imidazole rings is 1. The number of nitrogens with one attached hydrogen (secondary N) is 3. The molecule has 0 aliphatic carbocycles. The number of carbonyl (C=O) groups excluding carboxylic acids is 2. The molecule has 2 aromatic carbocycles. The van der Waals surface area contributed by atoms with Crippen LogP contribution in [0.2, 0.25) is 0 Å². The maximum absolute atomic E-state index is 13.5. The largest absolute Gasteiger partial charge is 0.378 e. The van der Waals surface area contributed by atoms with Crippen LogP contribution in [0.4, 0.5) is 14.9 Å². The fourth-order valence-electron chi connectivity index (χ4n) is 4.57. The Hall–Kier alpha value is -3.68. The highest BCUT2D eigenvalue weighted by atomic mass is 19.1. The first-order valence-corrected chi connectivity index (χ1v) is 10.7. The van der Waals surface area contributed by atoms with E-state index in [0.717, 1.165) is 17.0 Å². The van der Waals surface area contributed by atoms with Crippen molar-refractivity contribution in [1.82, 2.24) is 20.2 Å². The number of urea groups is 1. The highest BCUT2D eigenvalue weighted by molar-refractivity contribution is 6.04. The first-order chi connectivity index (χ1) is 15.5. The molecule has 1 spiro atoms. The number of carbonyl (C=O) groups is 2. The average molecular weight is 433 g/mol. The Morgan fingerprint density at radius 3 is 2.81 bits per heavy atom. The van der Waals surface area contributed by atoms with Crippen LogP contribution in [0.25, 0.3) is 11.4 Å². The SMILES string of the molecule is O=C1CC2(CCN(C(=O)NCc3cccc(-c4ncc[nH]4)c3)CC2)Nc2ccc(F)cc21. The van der Waals surface area contributed by atoms with Crippen LogP contribution in [0.5, 0.6) is 0 Å². The van der Waals surface area contributed by atoms with Crippen molar-refractivity contribution in [1.29, 1.82) is 0 Å². The molecule has 3 heterocycles. The normalized spacial score (nSPS) is 17.0. The van der Waals surface area contributed by atoms with Gasteiger partial charge < -0.3 is 20.5 Å². The van der Waals surface area contributed by atoms with Crippen molar-refractivity contribution in [3.63, 3.8) is 0 Å². The number of amides is 2. The minimum absolute atomic E-state index is 0.0485. The fraction of sp³-hybridized carbons (Fsp3) is 0.292. The van der Waals surface area contributed by atoms with Crippen LogP contribution in [-0.2, 0) is 6.54 Å². The number of piperidine rings is 1. The van der Waals surface area contributed by atoms with E-state index in [1.807, 2.05) is 24.3 Å². The topological polar surface area (TPSA) is 90.1 Å². The molecule has 0 unspecified atom stereocenters. The van der Waals surface area contributed by atoms with E-state index >= 15 is 0 Å². The number of rotatable bonds is 3. The molecule has 3 N–H and O–H groups in total. The number of hydrogen-bond donors (Lipinski definition) is 3. The average Bonchev–Trinajstić information content (AvgIpc) is 3.34. The lowest BCUT2D eigenvalue weighted by molar-refractivity contribution is 0.0915. The lowest BCUT2D eigenvalue weighted by atomic mass is 9.78. The van der Waals surface area contributed by atoms with E-state index in [9.17, 15) is 14.0 Å². The summed E-state index contributed by atoms with van der Waals surface area (Å²) in [5.41, 5.74) is 2.67. The lowest BCUT2D eigenvalue weighted by Gasteiger charge is -2.45. The van der Waals surface area contributed by atoms with Crippen LogP contribution < -0.4 is 10.6 Å². The Bertz CT molecular complexity index is 1150. The highest BCUT2D eigenvalue weighted by Gasteiger charge is 2.41.